The maximum Gasteiger partial charge on any atom is 0.137 e. The summed E-state index contributed by atoms with van der Waals surface area (Å²) in [7, 11) is 0. The van der Waals surface area contributed by atoms with Gasteiger partial charge in [0.05, 0.1) is 16.1 Å². The molecule has 0 spiro atoms. The predicted molar refractivity (Wildman–Crippen MR) is 224 cm³/mol. The fourth-order valence-corrected chi connectivity index (χ4v) is 10.1. The quantitative estimate of drug-likeness (QED) is 0.178. The number of thiophene rings is 1. The summed E-state index contributed by atoms with van der Waals surface area (Å²) in [5.74, 6) is 0. The third kappa shape index (κ3) is 4.44. The fraction of sp³-hybridized carbons (Fsp3) is 0.0400. The third-order valence-electron chi connectivity index (χ3n) is 11.3. The van der Waals surface area contributed by atoms with Crippen LogP contribution in [0.2, 0.25) is 0 Å². The first kappa shape index (κ1) is 30.2. The van der Waals surface area contributed by atoms with Crippen LogP contribution in [0.5, 0.6) is 0 Å². The topological polar surface area (TPSA) is 16.4 Å². The van der Waals surface area contributed by atoms with Crippen molar-refractivity contribution in [1.29, 1.82) is 0 Å². The van der Waals surface area contributed by atoms with Crippen LogP contribution in [-0.4, -0.2) is 0 Å². The summed E-state index contributed by atoms with van der Waals surface area (Å²) < 4.78 is 9.37. The molecule has 0 radical (unpaired) electrons. The van der Waals surface area contributed by atoms with Crippen molar-refractivity contribution < 1.29 is 4.42 Å². The molecule has 10 aromatic rings. The predicted octanol–water partition coefficient (Wildman–Crippen LogP) is 14.4. The highest BCUT2D eigenvalue weighted by Crippen LogP contribution is 2.56. The molecule has 11 rings (SSSR count). The molecular formula is C50H33NOS. The highest BCUT2D eigenvalue weighted by Gasteiger charge is 2.42. The van der Waals surface area contributed by atoms with E-state index in [0.717, 1.165) is 39.0 Å². The van der Waals surface area contributed by atoms with Crippen molar-refractivity contribution >= 4 is 70.5 Å². The van der Waals surface area contributed by atoms with Gasteiger partial charge in [-0.25, -0.2) is 0 Å². The van der Waals surface area contributed by atoms with Crippen LogP contribution < -0.4 is 4.90 Å². The fourth-order valence-electron chi connectivity index (χ4n) is 8.88. The minimum absolute atomic E-state index is 0.430. The van der Waals surface area contributed by atoms with Gasteiger partial charge < -0.3 is 9.32 Å². The second kappa shape index (κ2) is 11.5. The molecule has 53 heavy (non-hydrogen) atoms. The lowest BCUT2D eigenvalue weighted by Crippen LogP contribution is -2.23. The van der Waals surface area contributed by atoms with Crippen LogP contribution in [0.25, 0.3) is 64.4 Å². The molecule has 8 aromatic carbocycles. The van der Waals surface area contributed by atoms with Crippen molar-refractivity contribution in [1.82, 2.24) is 0 Å². The number of para-hydroxylation sites is 1. The molecule has 1 aliphatic rings. The lowest BCUT2D eigenvalue weighted by atomic mass is 9.72. The molecule has 0 saturated carbocycles. The Hall–Kier alpha value is -6.42. The maximum absolute atomic E-state index is 6.82. The Bertz CT molecular complexity index is 2980. The molecule has 2 aromatic heterocycles. The molecule has 0 fully saturated rings. The van der Waals surface area contributed by atoms with Gasteiger partial charge in [0.2, 0.25) is 0 Å². The molecule has 0 unspecified atom stereocenters. The SMILES string of the molecule is CC1(c2cc(N(c3ccc(-c4ccccc4)cc3)c3cccc4c3sc3ccccc34)cc3oc4ccccc4c23)c2ccccc2-c2ccccc21. The Balaban J connectivity index is 1.23. The molecule has 2 nitrogen and oxygen atoms in total. The minimum atomic E-state index is -0.430. The van der Waals surface area contributed by atoms with Crippen LogP contribution in [0.4, 0.5) is 17.1 Å². The van der Waals surface area contributed by atoms with Crippen LogP contribution >= 0.6 is 11.3 Å². The van der Waals surface area contributed by atoms with E-state index in [1.54, 1.807) is 0 Å². The summed E-state index contributed by atoms with van der Waals surface area (Å²) >= 11 is 1.86. The monoisotopic (exact) mass is 695 g/mol. The Kier molecular flexibility index (Phi) is 6.58. The first-order valence-corrected chi connectivity index (χ1v) is 19.0. The van der Waals surface area contributed by atoms with Crippen LogP contribution in [0, 0.1) is 0 Å². The second-order valence-electron chi connectivity index (χ2n) is 14.2. The Labute approximate surface area is 311 Å². The maximum atomic E-state index is 6.82. The van der Waals surface area contributed by atoms with Crippen LogP contribution in [-0.2, 0) is 5.41 Å². The number of furan rings is 1. The van der Waals surface area contributed by atoms with Crippen molar-refractivity contribution in [3.63, 3.8) is 0 Å². The average molecular weight is 696 g/mol. The largest absolute Gasteiger partial charge is 0.456 e. The van der Waals surface area contributed by atoms with Crippen molar-refractivity contribution in [3.05, 3.63) is 199 Å². The first-order valence-electron chi connectivity index (χ1n) is 18.2. The second-order valence-corrected chi connectivity index (χ2v) is 15.2. The van der Waals surface area contributed by atoms with Gasteiger partial charge in [0.15, 0.2) is 0 Å². The molecule has 0 N–H and O–H groups in total. The minimum Gasteiger partial charge on any atom is -0.456 e. The highest BCUT2D eigenvalue weighted by molar-refractivity contribution is 7.26. The van der Waals surface area contributed by atoms with E-state index in [1.165, 1.54) is 59.1 Å². The van der Waals surface area contributed by atoms with E-state index >= 15 is 0 Å². The smallest absolute Gasteiger partial charge is 0.137 e. The zero-order valence-electron chi connectivity index (χ0n) is 29.1. The number of nitrogens with zero attached hydrogens (tertiary/aromatic N) is 1. The van der Waals surface area contributed by atoms with E-state index in [9.17, 15) is 0 Å². The van der Waals surface area contributed by atoms with Crippen molar-refractivity contribution in [2.24, 2.45) is 0 Å². The van der Waals surface area contributed by atoms with Gasteiger partial charge in [0.1, 0.15) is 11.2 Å². The molecule has 0 saturated heterocycles. The Morgan fingerprint density at radius 1 is 0.472 bits per heavy atom. The van der Waals surface area contributed by atoms with Gasteiger partial charge >= 0.3 is 0 Å². The van der Waals surface area contributed by atoms with Crippen LogP contribution in [0.1, 0.15) is 23.6 Å². The summed E-state index contributed by atoms with van der Waals surface area (Å²) in [6, 6.07) is 66.2. The molecular weight excluding hydrogens is 663 g/mol. The number of anilines is 3. The Morgan fingerprint density at radius 2 is 1.09 bits per heavy atom. The van der Waals surface area contributed by atoms with Gasteiger partial charge in [-0.05, 0) is 82.3 Å². The van der Waals surface area contributed by atoms with Gasteiger partial charge in [-0.2, -0.15) is 0 Å². The summed E-state index contributed by atoms with van der Waals surface area (Å²) in [6.07, 6.45) is 0. The highest BCUT2D eigenvalue weighted by atomic mass is 32.1. The molecule has 0 aliphatic heterocycles. The van der Waals surface area contributed by atoms with Crippen LogP contribution in [0.15, 0.2) is 186 Å². The lowest BCUT2D eigenvalue weighted by Gasteiger charge is -2.32. The summed E-state index contributed by atoms with van der Waals surface area (Å²) in [4.78, 5) is 2.44. The molecule has 0 bridgehead atoms. The third-order valence-corrected chi connectivity index (χ3v) is 12.5. The van der Waals surface area contributed by atoms with Gasteiger partial charge in [-0.1, -0.05) is 140 Å². The summed E-state index contributed by atoms with van der Waals surface area (Å²) in [5.41, 5.74) is 13.5. The van der Waals surface area contributed by atoms with Gasteiger partial charge in [-0.3, -0.25) is 0 Å². The number of fused-ring (bicyclic) bond motifs is 9. The normalized spacial score (nSPS) is 13.2. The average Bonchev–Trinajstić information content (AvgIpc) is 3.87. The van der Waals surface area contributed by atoms with E-state index in [2.05, 4.69) is 194 Å². The van der Waals surface area contributed by atoms with E-state index in [4.69, 9.17) is 4.42 Å². The summed E-state index contributed by atoms with van der Waals surface area (Å²) in [6.45, 7) is 2.41. The lowest BCUT2D eigenvalue weighted by molar-refractivity contribution is 0.666. The van der Waals surface area contributed by atoms with Crippen molar-refractivity contribution in [3.8, 4) is 22.3 Å². The molecule has 0 atom stereocenters. The van der Waals surface area contributed by atoms with Gasteiger partial charge in [0, 0.05) is 43.4 Å². The van der Waals surface area contributed by atoms with Gasteiger partial charge in [-0.15, -0.1) is 11.3 Å². The Morgan fingerprint density at radius 3 is 1.87 bits per heavy atom. The van der Waals surface area contributed by atoms with E-state index in [-0.39, 0.29) is 0 Å². The zero-order chi connectivity index (χ0) is 35.1. The van der Waals surface area contributed by atoms with Gasteiger partial charge in [0.25, 0.3) is 0 Å². The molecule has 0 amide bonds. The van der Waals surface area contributed by atoms with E-state index < -0.39 is 5.41 Å². The standard InChI is InChI=1S/C50H33NOS/c1-50(41-21-9-5-16-36(41)37-17-6-10-22-42(37)50)43-30-35(31-46-48(43)40-19-7-11-24-45(40)52-46)51(34-28-26-33(27-29-34)32-14-3-2-4-15-32)44-23-13-20-39-38-18-8-12-25-47(38)53-49(39)44/h2-31H,1H3. The first-order chi connectivity index (χ1) is 26.2. The number of hydrogen-bond donors (Lipinski definition) is 0. The summed E-state index contributed by atoms with van der Waals surface area (Å²) in [5, 5.41) is 4.86. The molecule has 2 heterocycles. The molecule has 1 aliphatic carbocycles. The van der Waals surface area contributed by atoms with Crippen molar-refractivity contribution in [2.75, 3.05) is 4.90 Å². The molecule has 250 valence electrons. The number of benzene rings is 8. The zero-order valence-corrected chi connectivity index (χ0v) is 29.9. The van der Waals surface area contributed by atoms with Crippen molar-refractivity contribution in [2.45, 2.75) is 12.3 Å². The van der Waals surface area contributed by atoms with E-state index in [0.29, 0.717) is 0 Å². The molecule has 3 heteroatoms. The number of hydrogen-bond acceptors (Lipinski definition) is 3. The number of rotatable bonds is 5. The van der Waals surface area contributed by atoms with Crippen LogP contribution in [0.3, 0.4) is 0 Å². The van der Waals surface area contributed by atoms with E-state index in [1.807, 2.05) is 11.3 Å².